The second-order valence-corrected chi connectivity index (χ2v) is 4.96. The zero-order valence-corrected chi connectivity index (χ0v) is 12.4. The zero-order chi connectivity index (χ0) is 14.2. The number of rotatable bonds is 7. The Hall–Kier alpha value is -1.80. The van der Waals surface area contributed by atoms with E-state index in [2.05, 4.69) is 48.6 Å². The van der Waals surface area contributed by atoms with Crippen LogP contribution in [0, 0.1) is 0 Å². The van der Waals surface area contributed by atoms with Crippen molar-refractivity contribution in [3.05, 3.63) is 65.2 Å². The van der Waals surface area contributed by atoms with Crippen molar-refractivity contribution in [3.63, 3.8) is 0 Å². The molecule has 2 aromatic rings. The average molecular weight is 269 g/mol. The second kappa shape index (κ2) is 7.71. The molecule has 20 heavy (non-hydrogen) atoms. The van der Waals surface area contributed by atoms with Crippen molar-refractivity contribution >= 4 is 0 Å². The molecule has 2 nitrogen and oxygen atoms in total. The summed E-state index contributed by atoms with van der Waals surface area (Å²) in [5.41, 5.74) is 3.90. The lowest BCUT2D eigenvalue weighted by Crippen LogP contribution is -2.10. The SMILES string of the molecule is CCc1ccc(OCc2ccc(CCNC)cc2)cc1. The van der Waals surface area contributed by atoms with Gasteiger partial charge in [0.25, 0.3) is 0 Å². The Kier molecular flexibility index (Phi) is 5.63. The Morgan fingerprint density at radius 1 is 0.850 bits per heavy atom. The van der Waals surface area contributed by atoms with E-state index in [4.69, 9.17) is 4.74 Å². The molecular formula is C18H23NO. The first-order valence-electron chi connectivity index (χ1n) is 7.26. The largest absolute Gasteiger partial charge is 0.489 e. The van der Waals surface area contributed by atoms with Crippen LogP contribution in [0.15, 0.2) is 48.5 Å². The summed E-state index contributed by atoms with van der Waals surface area (Å²) in [6, 6.07) is 17.0. The molecule has 0 aromatic heterocycles. The Morgan fingerprint density at radius 2 is 1.45 bits per heavy atom. The van der Waals surface area contributed by atoms with E-state index >= 15 is 0 Å². The van der Waals surface area contributed by atoms with Gasteiger partial charge in [0.2, 0.25) is 0 Å². The quantitative estimate of drug-likeness (QED) is 0.829. The summed E-state index contributed by atoms with van der Waals surface area (Å²) < 4.78 is 5.80. The van der Waals surface area contributed by atoms with E-state index in [9.17, 15) is 0 Å². The minimum Gasteiger partial charge on any atom is -0.489 e. The van der Waals surface area contributed by atoms with Crippen LogP contribution in [-0.4, -0.2) is 13.6 Å². The predicted octanol–water partition coefficient (Wildman–Crippen LogP) is 3.59. The summed E-state index contributed by atoms with van der Waals surface area (Å²) in [6.45, 7) is 3.79. The third-order valence-corrected chi connectivity index (χ3v) is 3.42. The van der Waals surface area contributed by atoms with Gasteiger partial charge in [-0.25, -0.2) is 0 Å². The molecule has 1 N–H and O–H groups in total. The molecule has 0 bridgehead atoms. The van der Waals surface area contributed by atoms with E-state index < -0.39 is 0 Å². The second-order valence-electron chi connectivity index (χ2n) is 4.96. The summed E-state index contributed by atoms with van der Waals surface area (Å²) in [4.78, 5) is 0. The molecule has 0 unspecified atom stereocenters. The van der Waals surface area contributed by atoms with Gasteiger partial charge in [0.1, 0.15) is 12.4 Å². The van der Waals surface area contributed by atoms with Gasteiger partial charge in [-0.05, 0) is 55.3 Å². The molecule has 2 rings (SSSR count). The molecule has 0 amide bonds. The van der Waals surface area contributed by atoms with Crippen LogP contribution < -0.4 is 10.1 Å². The average Bonchev–Trinajstić information content (AvgIpc) is 2.52. The number of ether oxygens (including phenoxy) is 1. The van der Waals surface area contributed by atoms with Crippen LogP contribution in [0.4, 0.5) is 0 Å². The number of benzene rings is 2. The van der Waals surface area contributed by atoms with Crippen LogP contribution in [-0.2, 0) is 19.4 Å². The first kappa shape index (κ1) is 14.6. The minimum atomic E-state index is 0.623. The third kappa shape index (κ3) is 4.39. The highest BCUT2D eigenvalue weighted by Gasteiger charge is 1.98. The van der Waals surface area contributed by atoms with Crippen molar-refractivity contribution in [3.8, 4) is 5.75 Å². The summed E-state index contributed by atoms with van der Waals surface area (Å²) in [6.07, 6.45) is 2.13. The number of aryl methyl sites for hydroxylation is 1. The molecule has 2 aromatic carbocycles. The van der Waals surface area contributed by atoms with E-state index in [1.807, 2.05) is 19.2 Å². The first-order chi connectivity index (χ1) is 9.81. The highest BCUT2D eigenvalue weighted by atomic mass is 16.5. The first-order valence-corrected chi connectivity index (χ1v) is 7.26. The number of hydrogen-bond acceptors (Lipinski definition) is 2. The molecular weight excluding hydrogens is 246 g/mol. The molecule has 0 radical (unpaired) electrons. The van der Waals surface area contributed by atoms with Crippen molar-refractivity contribution in [2.24, 2.45) is 0 Å². The maximum Gasteiger partial charge on any atom is 0.119 e. The van der Waals surface area contributed by atoms with Gasteiger partial charge in [-0.2, -0.15) is 0 Å². The molecule has 2 heteroatoms. The number of nitrogens with one attached hydrogen (secondary N) is 1. The van der Waals surface area contributed by atoms with Crippen LogP contribution in [0.3, 0.4) is 0 Å². The highest BCUT2D eigenvalue weighted by molar-refractivity contribution is 5.28. The van der Waals surface area contributed by atoms with E-state index in [1.165, 1.54) is 16.7 Å². The number of hydrogen-bond donors (Lipinski definition) is 1. The van der Waals surface area contributed by atoms with Crippen molar-refractivity contribution in [2.45, 2.75) is 26.4 Å². The van der Waals surface area contributed by atoms with Gasteiger partial charge in [0, 0.05) is 0 Å². The monoisotopic (exact) mass is 269 g/mol. The lowest BCUT2D eigenvalue weighted by atomic mass is 10.1. The molecule has 0 atom stereocenters. The molecule has 0 aliphatic carbocycles. The molecule has 0 aliphatic heterocycles. The molecule has 0 spiro atoms. The van der Waals surface area contributed by atoms with Crippen LogP contribution in [0.5, 0.6) is 5.75 Å². The van der Waals surface area contributed by atoms with Crippen LogP contribution in [0.1, 0.15) is 23.6 Å². The van der Waals surface area contributed by atoms with Crippen molar-refractivity contribution in [2.75, 3.05) is 13.6 Å². The van der Waals surface area contributed by atoms with Crippen LogP contribution in [0.2, 0.25) is 0 Å². The third-order valence-electron chi connectivity index (χ3n) is 3.42. The van der Waals surface area contributed by atoms with Gasteiger partial charge in [-0.3, -0.25) is 0 Å². The lowest BCUT2D eigenvalue weighted by molar-refractivity contribution is 0.306. The summed E-state index contributed by atoms with van der Waals surface area (Å²) in [5.74, 6) is 0.932. The Morgan fingerprint density at radius 3 is 2.05 bits per heavy atom. The molecule has 0 fully saturated rings. The van der Waals surface area contributed by atoms with Gasteiger partial charge >= 0.3 is 0 Å². The normalized spacial score (nSPS) is 10.5. The zero-order valence-electron chi connectivity index (χ0n) is 12.4. The van der Waals surface area contributed by atoms with Gasteiger partial charge in [-0.15, -0.1) is 0 Å². The van der Waals surface area contributed by atoms with Gasteiger partial charge < -0.3 is 10.1 Å². The van der Waals surface area contributed by atoms with Crippen molar-refractivity contribution in [1.82, 2.24) is 5.32 Å². The topological polar surface area (TPSA) is 21.3 Å². The van der Waals surface area contributed by atoms with Gasteiger partial charge in [0.15, 0.2) is 0 Å². The van der Waals surface area contributed by atoms with E-state index in [-0.39, 0.29) is 0 Å². The smallest absolute Gasteiger partial charge is 0.119 e. The fraction of sp³-hybridized carbons (Fsp3) is 0.333. The Labute approximate surface area is 121 Å². The summed E-state index contributed by atoms with van der Waals surface area (Å²) >= 11 is 0. The van der Waals surface area contributed by atoms with E-state index in [0.29, 0.717) is 6.61 Å². The van der Waals surface area contributed by atoms with E-state index in [0.717, 1.165) is 25.1 Å². The molecule has 0 saturated carbocycles. The number of likely N-dealkylation sites (N-methyl/N-ethyl adjacent to an activating group) is 1. The molecule has 0 saturated heterocycles. The maximum atomic E-state index is 5.80. The molecule has 106 valence electrons. The van der Waals surface area contributed by atoms with Crippen LogP contribution >= 0.6 is 0 Å². The summed E-state index contributed by atoms with van der Waals surface area (Å²) in [7, 11) is 1.98. The fourth-order valence-corrected chi connectivity index (χ4v) is 2.06. The predicted molar refractivity (Wildman–Crippen MR) is 84.2 cm³/mol. The standard InChI is InChI=1S/C18H23NO/c1-3-15-8-10-18(11-9-15)20-14-17-6-4-16(5-7-17)12-13-19-2/h4-11,19H,3,12-14H2,1-2H3. The fourth-order valence-electron chi connectivity index (χ4n) is 2.06. The van der Waals surface area contributed by atoms with E-state index in [1.54, 1.807) is 0 Å². The lowest BCUT2D eigenvalue weighted by Gasteiger charge is -2.08. The van der Waals surface area contributed by atoms with Gasteiger partial charge in [-0.1, -0.05) is 43.3 Å². The highest BCUT2D eigenvalue weighted by Crippen LogP contribution is 2.15. The minimum absolute atomic E-state index is 0.623. The Bertz CT molecular complexity index is 502. The summed E-state index contributed by atoms with van der Waals surface area (Å²) in [5, 5.41) is 3.16. The van der Waals surface area contributed by atoms with Gasteiger partial charge in [0.05, 0.1) is 0 Å². The molecule has 0 heterocycles. The van der Waals surface area contributed by atoms with Crippen molar-refractivity contribution in [1.29, 1.82) is 0 Å². The maximum absolute atomic E-state index is 5.80. The molecule has 0 aliphatic rings. The van der Waals surface area contributed by atoms with Crippen molar-refractivity contribution < 1.29 is 4.74 Å². The van der Waals surface area contributed by atoms with Crippen LogP contribution in [0.25, 0.3) is 0 Å². The Balaban J connectivity index is 1.86.